The lowest BCUT2D eigenvalue weighted by atomic mass is 10.1. The van der Waals surface area contributed by atoms with E-state index in [4.69, 9.17) is 5.26 Å². The molecule has 0 amide bonds. The van der Waals surface area contributed by atoms with Gasteiger partial charge in [-0.1, -0.05) is 0 Å². The van der Waals surface area contributed by atoms with Crippen LogP contribution in [0.15, 0.2) is 0 Å². The van der Waals surface area contributed by atoms with Gasteiger partial charge in [-0.25, -0.2) is 13.1 Å². The maximum absolute atomic E-state index is 11.8. The smallest absolute Gasteiger partial charge is 0.305 e. The number of sulfonamides is 1. The van der Waals surface area contributed by atoms with Crippen LogP contribution in [0.2, 0.25) is 0 Å². The van der Waals surface area contributed by atoms with Crippen LogP contribution in [0.5, 0.6) is 0 Å². The summed E-state index contributed by atoms with van der Waals surface area (Å²) < 4.78 is 30.8. The number of hydrogen-bond acceptors (Lipinski definition) is 6. The highest BCUT2D eigenvalue weighted by Crippen LogP contribution is 2.11. The quantitative estimate of drug-likeness (QED) is 0.518. The Morgan fingerprint density at radius 2 is 2.10 bits per heavy atom. The van der Waals surface area contributed by atoms with Crippen molar-refractivity contribution in [3.05, 3.63) is 0 Å². The zero-order chi connectivity index (χ0) is 15.0. The van der Waals surface area contributed by atoms with Crippen LogP contribution in [0.3, 0.4) is 0 Å². The number of nitrogens with one attached hydrogen (secondary N) is 1. The van der Waals surface area contributed by atoms with Gasteiger partial charge in [0.15, 0.2) is 0 Å². The molecule has 0 aliphatic carbocycles. The van der Waals surface area contributed by atoms with Gasteiger partial charge < -0.3 is 4.74 Å². The van der Waals surface area contributed by atoms with Gasteiger partial charge in [0, 0.05) is 25.6 Å². The molecule has 0 spiro atoms. The first-order valence-electron chi connectivity index (χ1n) is 6.63. The first-order valence-corrected chi connectivity index (χ1v) is 8.28. The Kier molecular flexibility index (Phi) is 6.91. The SMILES string of the molecule is COC(=O)CCCS(=O)(=O)NC1CCN(CC#N)CC1. The third-order valence-corrected chi connectivity index (χ3v) is 4.77. The molecule has 0 radical (unpaired) electrons. The summed E-state index contributed by atoms with van der Waals surface area (Å²) in [6, 6.07) is 2.01. The summed E-state index contributed by atoms with van der Waals surface area (Å²) in [5, 5.41) is 8.59. The molecule has 0 aromatic carbocycles. The zero-order valence-electron chi connectivity index (χ0n) is 11.7. The molecule has 0 bridgehead atoms. The monoisotopic (exact) mass is 303 g/mol. The third-order valence-electron chi connectivity index (χ3n) is 3.25. The summed E-state index contributed by atoms with van der Waals surface area (Å²) >= 11 is 0. The second-order valence-corrected chi connectivity index (χ2v) is 6.70. The van der Waals surface area contributed by atoms with Crippen molar-refractivity contribution >= 4 is 16.0 Å². The average Bonchev–Trinajstić information content (AvgIpc) is 2.40. The molecule has 20 heavy (non-hydrogen) atoms. The fourth-order valence-electron chi connectivity index (χ4n) is 2.13. The molecule has 1 heterocycles. The summed E-state index contributed by atoms with van der Waals surface area (Å²) in [5.74, 6) is -0.467. The van der Waals surface area contributed by atoms with Crippen molar-refractivity contribution in [2.45, 2.75) is 31.7 Å². The second-order valence-electron chi connectivity index (χ2n) is 4.82. The van der Waals surface area contributed by atoms with Crippen molar-refractivity contribution < 1.29 is 17.9 Å². The Morgan fingerprint density at radius 3 is 2.65 bits per heavy atom. The molecular formula is C12H21N3O4S. The van der Waals surface area contributed by atoms with E-state index < -0.39 is 16.0 Å². The van der Waals surface area contributed by atoms with Crippen LogP contribution in [0.1, 0.15) is 25.7 Å². The van der Waals surface area contributed by atoms with Crippen LogP contribution >= 0.6 is 0 Å². The van der Waals surface area contributed by atoms with E-state index in [2.05, 4.69) is 15.5 Å². The first kappa shape index (κ1) is 16.9. The number of hydrogen-bond donors (Lipinski definition) is 1. The van der Waals surface area contributed by atoms with E-state index in [-0.39, 0.29) is 24.6 Å². The van der Waals surface area contributed by atoms with E-state index in [1.165, 1.54) is 7.11 Å². The minimum absolute atomic E-state index is 0.0689. The minimum Gasteiger partial charge on any atom is -0.469 e. The highest BCUT2D eigenvalue weighted by atomic mass is 32.2. The maximum Gasteiger partial charge on any atom is 0.305 e. The molecule has 1 N–H and O–H groups in total. The highest BCUT2D eigenvalue weighted by Gasteiger charge is 2.23. The molecule has 0 saturated carbocycles. The zero-order valence-corrected chi connectivity index (χ0v) is 12.5. The largest absolute Gasteiger partial charge is 0.469 e. The number of likely N-dealkylation sites (tertiary alicyclic amines) is 1. The van der Waals surface area contributed by atoms with E-state index in [0.717, 1.165) is 13.1 Å². The predicted molar refractivity (Wildman–Crippen MR) is 73.2 cm³/mol. The Morgan fingerprint density at radius 1 is 1.45 bits per heavy atom. The summed E-state index contributed by atoms with van der Waals surface area (Å²) in [4.78, 5) is 12.9. The summed E-state index contributed by atoms with van der Waals surface area (Å²) in [5.41, 5.74) is 0. The summed E-state index contributed by atoms with van der Waals surface area (Å²) in [7, 11) is -2.07. The van der Waals surface area contributed by atoms with Gasteiger partial charge in [-0.15, -0.1) is 0 Å². The molecule has 0 atom stereocenters. The number of nitriles is 1. The van der Waals surface area contributed by atoms with Gasteiger partial charge in [0.2, 0.25) is 10.0 Å². The lowest BCUT2D eigenvalue weighted by Gasteiger charge is -2.30. The van der Waals surface area contributed by atoms with Crippen LogP contribution in [-0.4, -0.2) is 57.8 Å². The standard InChI is InChI=1S/C12H21N3O4S/c1-19-12(16)3-2-10-20(17,18)14-11-4-7-15(8-5-11)9-6-13/h11,14H,2-5,7-10H2,1H3. The van der Waals surface area contributed by atoms with Crippen molar-refractivity contribution in [3.63, 3.8) is 0 Å². The van der Waals surface area contributed by atoms with Crippen molar-refractivity contribution in [2.75, 3.05) is 32.5 Å². The number of nitrogens with zero attached hydrogens (tertiary/aromatic N) is 2. The van der Waals surface area contributed by atoms with Crippen LogP contribution < -0.4 is 4.72 Å². The molecule has 8 heteroatoms. The fraction of sp³-hybridized carbons (Fsp3) is 0.833. The van der Waals surface area contributed by atoms with Gasteiger partial charge in [-0.2, -0.15) is 5.26 Å². The van der Waals surface area contributed by atoms with Crippen molar-refractivity contribution in [2.24, 2.45) is 0 Å². The molecule has 1 aliphatic heterocycles. The molecule has 114 valence electrons. The molecule has 0 aromatic heterocycles. The molecule has 1 rings (SSSR count). The van der Waals surface area contributed by atoms with E-state index in [1.807, 2.05) is 4.90 Å². The summed E-state index contributed by atoms with van der Waals surface area (Å²) in [6.45, 7) is 1.84. The molecule has 7 nitrogen and oxygen atoms in total. The Hall–Kier alpha value is -1.17. The Bertz CT molecular complexity index is 450. The van der Waals surface area contributed by atoms with Crippen LogP contribution in [0.4, 0.5) is 0 Å². The van der Waals surface area contributed by atoms with E-state index in [9.17, 15) is 13.2 Å². The van der Waals surface area contributed by atoms with Gasteiger partial charge in [-0.3, -0.25) is 9.69 Å². The number of ether oxygens (including phenoxy) is 1. The molecule has 1 fully saturated rings. The number of methoxy groups -OCH3 is 1. The number of carbonyl (C=O) groups is 1. The van der Waals surface area contributed by atoms with Gasteiger partial charge in [0.05, 0.1) is 25.5 Å². The molecular weight excluding hydrogens is 282 g/mol. The second kappa shape index (κ2) is 8.19. The van der Waals surface area contributed by atoms with E-state index in [0.29, 0.717) is 19.4 Å². The number of carbonyl (C=O) groups excluding carboxylic acids is 1. The molecule has 0 aromatic rings. The highest BCUT2D eigenvalue weighted by molar-refractivity contribution is 7.89. The normalized spacial score (nSPS) is 17.6. The van der Waals surface area contributed by atoms with Crippen LogP contribution in [-0.2, 0) is 19.6 Å². The lowest BCUT2D eigenvalue weighted by Crippen LogP contribution is -2.45. The van der Waals surface area contributed by atoms with Crippen molar-refractivity contribution in [1.29, 1.82) is 5.26 Å². The fourth-order valence-corrected chi connectivity index (χ4v) is 3.52. The average molecular weight is 303 g/mol. The third kappa shape index (κ3) is 6.32. The predicted octanol–water partition coefficient (Wildman–Crippen LogP) is -0.153. The lowest BCUT2D eigenvalue weighted by molar-refractivity contribution is -0.140. The van der Waals surface area contributed by atoms with Crippen LogP contribution in [0.25, 0.3) is 0 Å². The van der Waals surface area contributed by atoms with Gasteiger partial charge in [0.1, 0.15) is 0 Å². The van der Waals surface area contributed by atoms with Crippen LogP contribution in [0, 0.1) is 11.3 Å². The van der Waals surface area contributed by atoms with Crippen molar-refractivity contribution in [3.8, 4) is 6.07 Å². The molecule has 1 aliphatic rings. The maximum atomic E-state index is 11.8. The van der Waals surface area contributed by atoms with Crippen molar-refractivity contribution in [1.82, 2.24) is 9.62 Å². The van der Waals surface area contributed by atoms with Gasteiger partial charge in [-0.05, 0) is 19.3 Å². The van der Waals surface area contributed by atoms with Gasteiger partial charge >= 0.3 is 5.97 Å². The molecule has 0 unspecified atom stereocenters. The number of esters is 1. The molecule has 1 saturated heterocycles. The first-order chi connectivity index (χ1) is 9.46. The topological polar surface area (TPSA) is 99.5 Å². The Labute approximate surface area is 119 Å². The number of rotatable bonds is 7. The van der Waals surface area contributed by atoms with E-state index in [1.54, 1.807) is 0 Å². The minimum atomic E-state index is -3.36. The van der Waals surface area contributed by atoms with E-state index >= 15 is 0 Å². The van der Waals surface area contributed by atoms with Gasteiger partial charge in [0.25, 0.3) is 0 Å². The summed E-state index contributed by atoms with van der Waals surface area (Å²) in [6.07, 6.45) is 1.78. The Balaban J connectivity index is 2.29. The number of piperidine rings is 1.